The summed E-state index contributed by atoms with van der Waals surface area (Å²) < 4.78 is 0. The molecular weight excluding hydrogens is 571 g/mol. The summed E-state index contributed by atoms with van der Waals surface area (Å²) in [5.74, 6) is 0. The highest BCUT2D eigenvalue weighted by atomic mass is 32.2. The summed E-state index contributed by atoms with van der Waals surface area (Å²) in [5.41, 5.74) is 9.69. The van der Waals surface area contributed by atoms with Gasteiger partial charge < -0.3 is 15.1 Å². The van der Waals surface area contributed by atoms with Crippen LogP contribution in [0.25, 0.3) is 0 Å². The molecule has 0 fully saturated rings. The van der Waals surface area contributed by atoms with Gasteiger partial charge in [0.1, 0.15) is 0 Å². The number of allylic oxidation sites excluding steroid dienone is 3. The van der Waals surface area contributed by atoms with Crippen LogP contribution in [0.3, 0.4) is 0 Å². The lowest BCUT2D eigenvalue weighted by Gasteiger charge is -2.36. The number of nitrogens with one attached hydrogen (secondary N) is 1. The first kappa shape index (κ1) is 24.6. The van der Waals surface area contributed by atoms with E-state index in [0.717, 1.165) is 24.2 Å². The van der Waals surface area contributed by atoms with Crippen molar-refractivity contribution in [2.24, 2.45) is 0 Å². The van der Waals surface area contributed by atoms with E-state index in [4.69, 9.17) is 0 Å². The summed E-state index contributed by atoms with van der Waals surface area (Å²) >= 11 is 5.62. The maximum atomic E-state index is 3.72. The fraction of sp³-hybridized carbons (Fsp3) is 0.0556. The molecule has 1 N–H and O–H groups in total. The highest BCUT2D eigenvalue weighted by Gasteiger charge is 2.29. The highest BCUT2D eigenvalue weighted by molar-refractivity contribution is 8.03. The molecule has 0 bridgehead atoms. The third kappa shape index (κ3) is 3.93. The lowest BCUT2D eigenvalue weighted by molar-refractivity contribution is 0.968. The summed E-state index contributed by atoms with van der Waals surface area (Å²) in [7, 11) is 0. The van der Waals surface area contributed by atoms with Crippen LogP contribution in [0.1, 0.15) is 12.8 Å². The van der Waals surface area contributed by atoms with E-state index in [2.05, 4.69) is 136 Å². The summed E-state index contributed by atoms with van der Waals surface area (Å²) in [6.45, 7) is 0. The predicted molar refractivity (Wildman–Crippen MR) is 179 cm³/mol. The number of nitrogens with zero attached hydrogens (tertiary/aromatic N) is 2. The number of hydrogen-bond acceptors (Lipinski definition) is 6. The average Bonchev–Trinajstić information content (AvgIpc) is 3.04. The second-order valence-electron chi connectivity index (χ2n) is 10.6. The van der Waals surface area contributed by atoms with Crippen LogP contribution < -0.4 is 15.1 Å². The van der Waals surface area contributed by atoms with Crippen LogP contribution in [0.15, 0.2) is 156 Å². The van der Waals surface area contributed by atoms with Gasteiger partial charge in [0.05, 0.1) is 34.1 Å². The number of thioether (sulfide) groups is 1. The summed E-state index contributed by atoms with van der Waals surface area (Å²) in [6, 6.07) is 39.8. The van der Waals surface area contributed by atoms with E-state index in [1.54, 1.807) is 0 Å². The minimum absolute atomic E-state index is 1.10. The van der Waals surface area contributed by atoms with E-state index in [0.29, 0.717) is 0 Å². The molecule has 1 aliphatic carbocycles. The summed E-state index contributed by atoms with van der Waals surface area (Å²) in [6.07, 6.45) is 6.82. The minimum atomic E-state index is 1.10. The second kappa shape index (κ2) is 9.80. The molecule has 0 atom stereocenters. The van der Waals surface area contributed by atoms with Gasteiger partial charge in [-0.2, -0.15) is 0 Å². The van der Waals surface area contributed by atoms with Gasteiger partial charge in [0.25, 0.3) is 0 Å². The Labute approximate surface area is 258 Å². The lowest BCUT2D eigenvalue weighted by atomic mass is 10.1. The molecule has 0 spiro atoms. The first-order chi connectivity index (χ1) is 20.8. The van der Waals surface area contributed by atoms with Crippen molar-refractivity contribution in [3.05, 3.63) is 132 Å². The zero-order valence-corrected chi connectivity index (χ0v) is 25.0. The molecule has 4 aliphatic rings. The van der Waals surface area contributed by atoms with Crippen molar-refractivity contribution in [1.29, 1.82) is 0 Å². The Hall–Kier alpha value is -3.97. The second-order valence-corrected chi connectivity index (χ2v) is 13.9. The smallest absolute Gasteiger partial charge is 0.0601 e. The van der Waals surface area contributed by atoms with Gasteiger partial charge in [0, 0.05) is 40.8 Å². The van der Waals surface area contributed by atoms with Crippen molar-refractivity contribution in [3.63, 3.8) is 0 Å². The Morgan fingerprint density at radius 2 is 1.05 bits per heavy atom. The molecule has 202 valence electrons. The van der Waals surface area contributed by atoms with Gasteiger partial charge in [-0.05, 0) is 91.7 Å². The van der Waals surface area contributed by atoms with Crippen molar-refractivity contribution in [1.82, 2.24) is 0 Å². The molecule has 6 heteroatoms. The fourth-order valence-electron chi connectivity index (χ4n) is 6.12. The molecule has 0 amide bonds. The van der Waals surface area contributed by atoms with Crippen molar-refractivity contribution in [2.45, 2.75) is 37.3 Å². The number of benzene rings is 5. The van der Waals surface area contributed by atoms with Crippen LogP contribution in [0, 0.1) is 0 Å². The largest absolute Gasteiger partial charge is 0.354 e. The number of fused-ring (bicyclic) bond motifs is 5. The number of anilines is 7. The molecule has 0 radical (unpaired) electrons. The van der Waals surface area contributed by atoms with E-state index in [-0.39, 0.29) is 0 Å². The van der Waals surface area contributed by atoms with E-state index in [9.17, 15) is 0 Å². The van der Waals surface area contributed by atoms with Gasteiger partial charge in [-0.25, -0.2) is 0 Å². The number of rotatable bonds is 2. The van der Waals surface area contributed by atoms with Crippen LogP contribution in [-0.2, 0) is 0 Å². The molecule has 0 aromatic heterocycles. The number of hydrogen-bond donors (Lipinski definition) is 1. The molecule has 42 heavy (non-hydrogen) atoms. The van der Waals surface area contributed by atoms with Crippen LogP contribution >= 0.6 is 35.3 Å². The van der Waals surface area contributed by atoms with Crippen LogP contribution in [0.2, 0.25) is 0 Å². The average molecular weight is 596 g/mol. The van der Waals surface area contributed by atoms with Crippen molar-refractivity contribution >= 4 is 75.1 Å². The van der Waals surface area contributed by atoms with Crippen LogP contribution in [0.4, 0.5) is 39.8 Å². The molecular formula is C36H25N3S3. The molecule has 9 rings (SSSR count). The molecule has 3 nitrogen and oxygen atoms in total. The Bertz CT molecular complexity index is 1930. The number of para-hydroxylation sites is 3. The molecule has 3 heterocycles. The van der Waals surface area contributed by atoms with Gasteiger partial charge in [0.2, 0.25) is 0 Å². The fourth-order valence-corrected chi connectivity index (χ4v) is 9.40. The Morgan fingerprint density at radius 3 is 1.69 bits per heavy atom. The SMILES string of the molecule is C1=CC2=C(CC1)Sc1ccccc1N2c1ccc2c(c1)Sc1cc(N3c4ccccc4Sc4ccccc43)ccc1N2. The lowest BCUT2D eigenvalue weighted by Crippen LogP contribution is -2.21. The maximum absolute atomic E-state index is 3.72. The Balaban J connectivity index is 1.11. The summed E-state index contributed by atoms with van der Waals surface area (Å²) in [4.78, 5) is 12.7. The first-order valence-electron chi connectivity index (χ1n) is 14.2. The van der Waals surface area contributed by atoms with Gasteiger partial charge in [-0.1, -0.05) is 77.8 Å². The van der Waals surface area contributed by atoms with Gasteiger partial charge >= 0.3 is 0 Å². The molecule has 5 aromatic carbocycles. The van der Waals surface area contributed by atoms with E-state index in [1.807, 2.05) is 35.3 Å². The van der Waals surface area contributed by atoms with Gasteiger partial charge in [0.15, 0.2) is 0 Å². The Morgan fingerprint density at radius 1 is 0.524 bits per heavy atom. The highest BCUT2D eigenvalue weighted by Crippen LogP contribution is 2.55. The van der Waals surface area contributed by atoms with Crippen molar-refractivity contribution in [2.75, 3.05) is 15.1 Å². The quantitative estimate of drug-likeness (QED) is 0.213. The van der Waals surface area contributed by atoms with E-state index < -0.39 is 0 Å². The van der Waals surface area contributed by atoms with Crippen molar-refractivity contribution < 1.29 is 0 Å². The third-order valence-electron chi connectivity index (χ3n) is 8.05. The van der Waals surface area contributed by atoms with Crippen molar-refractivity contribution in [3.8, 4) is 0 Å². The van der Waals surface area contributed by atoms with E-state index in [1.165, 1.54) is 63.5 Å². The normalized spacial score (nSPS) is 16.0. The Kier molecular flexibility index (Phi) is 5.74. The summed E-state index contributed by atoms with van der Waals surface area (Å²) in [5, 5.41) is 3.72. The van der Waals surface area contributed by atoms with E-state index >= 15 is 0 Å². The molecule has 0 unspecified atom stereocenters. The van der Waals surface area contributed by atoms with Gasteiger partial charge in [-0.15, -0.1) is 0 Å². The van der Waals surface area contributed by atoms with Crippen LogP contribution in [0.5, 0.6) is 0 Å². The third-order valence-corrected chi connectivity index (χ3v) is 11.5. The van der Waals surface area contributed by atoms with Crippen LogP contribution in [-0.4, -0.2) is 0 Å². The minimum Gasteiger partial charge on any atom is -0.354 e. The molecule has 5 aromatic rings. The predicted octanol–water partition coefficient (Wildman–Crippen LogP) is 11.6. The zero-order valence-electron chi connectivity index (χ0n) is 22.6. The topological polar surface area (TPSA) is 18.5 Å². The standard InChI is InChI=1S/C36H25N3S3/c1-5-13-31-27(9-1)38(28-10-2-6-14-32(28)40-31)23-17-19-25-35(21-23)42-36-22-24(18-20-26(36)37-25)39-29-11-3-7-15-33(29)41-34-16-8-4-12-30(34)39/h1-7,9-15,17-22,37H,8,16H2. The monoisotopic (exact) mass is 595 g/mol. The molecule has 0 saturated heterocycles. The van der Waals surface area contributed by atoms with Gasteiger partial charge in [-0.3, -0.25) is 0 Å². The maximum Gasteiger partial charge on any atom is 0.0601 e. The molecule has 3 aliphatic heterocycles. The molecule has 0 saturated carbocycles. The first-order valence-corrected chi connectivity index (χ1v) is 16.6. The zero-order chi connectivity index (χ0) is 27.6.